The third kappa shape index (κ3) is 4.60. The number of hydrogen-bond acceptors (Lipinski definition) is 3. The highest BCUT2D eigenvalue weighted by Crippen LogP contribution is 2.20. The second-order valence-corrected chi connectivity index (χ2v) is 5.39. The van der Waals surface area contributed by atoms with Gasteiger partial charge in [0.15, 0.2) is 0 Å². The number of halogens is 1. The molecule has 0 aliphatic carbocycles. The summed E-state index contributed by atoms with van der Waals surface area (Å²) in [6, 6.07) is 11.4. The zero-order valence-electron chi connectivity index (χ0n) is 11.5. The topological polar surface area (TPSA) is 36.4 Å². The van der Waals surface area contributed by atoms with E-state index >= 15 is 0 Å². The summed E-state index contributed by atoms with van der Waals surface area (Å²) >= 11 is 5.93. The van der Waals surface area contributed by atoms with Gasteiger partial charge in [-0.2, -0.15) is 0 Å². The zero-order chi connectivity index (χ0) is 14.4. The number of nitrogens with zero attached hydrogens (tertiary/aromatic N) is 2. The van der Waals surface area contributed by atoms with E-state index in [1.54, 1.807) is 6.20 Å². The van der Waals surface area contributed by atoms with E-state index in [2.05, 4.69) is 16.0 Å². The molecule has 0 fully saturated rings. The van der Waals surface area contributed by atoms with Gasteiger partial charge in [0.05, 0.1) is 6.10 Å². The normalized spacial score (nSPS) is 12.6. The average molecular weight is 291 g/mol. The maximum atomic E-state index is 10.2. The van der Waals surface area contributed by atoms with Crippen LogP contribution >= 0.6 is 11.6 Å². The molecule has 0 aliphatic rings. The van der Waals surface area contributed by atoms with Crippen LogP contribution in [0.15, 0.2) is 48.8 Å². The minimum Gasteiger partial charge on any atom is -0.388 e. The van der Waals surface area contributed by atoms with Crippen LogP contribution < -0.4 is 0 Å². The van der Waals surface area contributed by atoms with Crippen LogP contribution in [0.2, 0.25) is 5.02 Å². The van der Waals surface area contributed by atoms with Crippen molar-refractivity contribution in [3.05, 3.63) is 64.9 Å². The molecule has 0 saturated heterocycles. The molecule has 0 amide bonds. The number of aliphatic hydroxyl groups is 1. The Morgan fingerprint density at radius 2 is 2.15 bits per heavy atom. The molecule has 1 atom stereocenters. The predicted molar refractivity (Wildman–Crippen MR) is 81.6 cm³/mol. The van der Waals surface area contributed by atoms with Crippen molar-refractivity contribution >= 4 is 11.6 Å². The van der Waals surface area contributed by atoms with Gasteiger partial charge in [0.25, 0.3) is 0 Å². The number of benzene rings is 1. The van der Waals surface area contributed by atoms with Gasteiger partial charge in [0.2, 0.25) is 0 Å². The minimum absolute atomic E-state index is 0.481. The number of aliphatic hydroxyl groups excluding tert-OH is 1. The van der Waals surface area contributed by atoms with E-state index in [9.17, 15) is 5.11 Å². The molecular weight excluding hydrogens is 272 g/mol. The lowest BCUT2D eigenvalue weighted by atomic mass is 10.1. The fourth-order valence-corrected chi connectivity index (χ4v) is 2.30. The lowest BCUT2D eigenvalue weighted by molar-refractivity contribution is 0.147. The molecule has 0 radical (unpaired) electrons. The van der Waals surface area contributed by atoms with Crippen molar-refractivity contribution in [1.82, 2.24) is 9.88 Å². The Hall–Kier alpha value is -1.42. The average Bonchev–Trinajstić information content (AvgIpc) is 2.46. The van der Waals surface area contributed by atoms with Crippen LogP contribution in [0.4, 0.5) is 0 Å². The lowest BCUT2D eigenvalue weighted by Crippen LogP contribution is -2.21. The monoisotopic (exact) mass is 290 g/mol. The van der Waals surface area contributed by atoms with Gasteiger partial charge in [-0.05, 0) is 42.8 Å². The van der Waals surface area contributed by atoms with Crippen molar-refractivity contribution in [2.45, 2.75) is 19.1 Å². The number of hydrogen-bond donors (Lipinski definition) is 1. The number of pyridine rings is 1. The third-order valence-electron chi connectivity index (χ3n) is 3.19. The summed E-state index contributed by atoms with van der Waals surface area (Å²) in [7, 11) is 2.04. The summed E-state index contributed by atoms with van der Waals surface area (Å²) in [5.74, 6) is 0. The quantitative estimate of drug-likeness (QED) is 0.887. The van der Waals surface area contributed by atoms with E-state index in [1.807, 2.05) is 43.6 Å². The molecule has 0 spiro atoms. The maximum absolute atomic E-state index is 10.2. The summed E-state index contributed by atoms with van der Waals surface area (Å²) in [6.07, 6.45) is 3.83. The molecule has 106 valence electrons. The van der Waals surface area contributed by atoms with E-state index in [-0.39, 0.29) is 0 Å². The van der Waals surface area contributed by atoms with Crippen LogP contribution in [0.5, 0.6) is 0 Å². The highest BCUT2D eigenvalue weighted by Gasteiger charge is 2.09. The summed E-state index contributed by atoms with van der Waals surface area (Å²) in [6.45, 7) is 1.64. The zero-order valence-corrected chi connectivity index (χ0v) is 12.3. The van der Waals surface area contributed by atoms with Crippen LogP contribution in [0, 0.1) is 0 Å². The first-order chi connectivity index (χ1) is 9.65. The van der Waals surface area contributed by atoms with Crippen molar-refractivity contribution in [2.75, 3.05) is 13.6 Å². The van der Waals surface area contributed by atoms with Gasteiger partial charge in [-0.25, -0.2) is 0 Å². The second kappa shape index (κ2) is 7.39. The van der Waals surface area contributed by atoms with Crippen molar-refractivity contribution in [3.8, 4) is 0 Å². The lowest BCUT2D eigenvalue weighted by Gasteiger charge is -2.19. The Bertz CT molecular complexity index is 533. The van der Waals surface area contributed by atoms with Crippen molar-refractivity contribution in [1.29, 1.82) is 0 Å². The van der Waals surface area contributed by atoms with E-state index in [1.165, 1.54) is 5.56 Å². The molecule has 2 aromatic rings. The number of aromatic nitrogens is 1. The largest absolute Gasteiger partial charge is 0.388 e. The van der Waals surface area contributed by atoms with Crippen LogP contribution in [0.3, 0.4) is 0 Å². The molecule has 0 bridgehead atoms. The van der Waals surface area contributed by atoms with Gasteiger partial charge in [-0.3, -0.25) is 4.98 Å². The van der Waals surface area contributed by atoms with Crippen molar-refractivity contribution in [3.63, 3.8) is 0 Å². The first-order valence-electron chi connectivity index (χ1n) is 6.66. The predicted octanol–water partition coefficient (Wildman–Crippen LogP) is 3.29. The summed E-state index contributed by atoms with van der Waals surface area (Å²) in [5.41, 5.74) is 2.04. The van der Waals surface area contributed by atoms with Gasteiger partial charge < -0.3 is 10.0 Å². The molecular formula is C16H19ClN2O. The van der Waals surface area contributed by atoms with Crippen LogP contribution in [0.25, 0.3) is 0 Å². The highest BCUT2D eigenvalue weighted by molar-refractivity contribution is 6.30. The Morgan fingerprint density at radius 3 is 2.85 bits per heavy atom. The van der Waals surface area contributed by atoms with Crippen LogP contribution in [0.1, 0.15) is 23.7 Å². The highest BCUT2D eigenvalue weighted by atomic mass is 35.5. The Labute approximate surface area is 124 Å². The summed E-state index contributed by atoms with van der Waals surface area (Å²) in [5, 5.41) is 10.8. The van der Waals surface area contributed by atoms with Crippen LogP contribution in [-0.4, -0.2) is 28.6 Å². The minimum atomic E-state index is -0.481. The molecule has 1 unspecified atom stereocenters. The summed E-state index contributed by atoms with van der Waals surface area (Å²) in [4.78, 5) is 6.27. The summed E-state index contributed by atoms with van der Waals surface area (Å²) < 4.78 is 0. The molecule has 0 aliphatic heterocycles. The van der Waals surface area contributed by atoms with E-state index < -0.39 is 6.10 Å². The van der Waals surface area contributed by atoms with E-state index in [4.69, 9.17) is 11.6 Å². The maximum Gasteiger partial charge on any atom is 0.0802 e. The number of rotatable bonds is 6. The Kier molecular flexibility index (Phi) is 5.53. The Balaban J connectivity index is 1.82. The van der Waals surface area contributed by atoms with E-state index in [0.717, 1.165) is 18.7 Å². The smallest absolute Gasteiger partial charge is 0.0802 e. The molecule has 1 aromatic carbocycles. The van der Waals surface area contributed by atoms with Gasteiger partial charge in [-0.15, -0.1) is 0 Å². The first kappa shape index (κ1) is 15.0. The Morgan fingerprint density at radius 1 is 1.30 bits per heavy atom. The molecule has 3 nitrogen and oxygen atoms in total. The molecule has 2 rings (SSSR count). The second-order valence-electron chi connectivity index (χ2n) is 4.96. The molecule has 4 heteroatoms. The standard InChI is InChI=1S/C16H19ClN2O/c1-19(12-13-4-3-8-18-11-13)9-7-16(20)14-5-2-6-15(17)10-14/h2-6,8,10-11,16,20H,7,9,12H2,1H3. The molecule has 0 saturated carbocycles. The van der Waals surface area contributed by atoms with Crippen molar-refractivity contribution < 1.29 is 5.11 Å². The molecule has 1 heterocycles. The van der Waals surface area contributed by atoms with E-state index in [0.29, 0.717) is 11.4 Å². The molecule has 20 heavy (non-hydrogen) atoms. The fourth-order valence-electron chi connectivity index (χ4n) is 2.11. The fraction of sp³-hybridized carbons (Fsp3) is 0.312. The first-order valence-corrected chi connectivity index (χ1v) is 7.04. The van der Waals surface area contributed by atoms with Crippen molar-refractivity contribution in [2.24, 2.45) is 0 Å². The SMILES string of the molecule is CN(CCC(O)c1cccc(Cl)c1)Cc1cccnc1. The van der Waals surface area contributed by atoms with Crippen LogP contribution in [-0.2, 0) is 6.54 Å². The van der Waals surface area contributed by atoms with Gasteiger partial charge in [0, 0.05) is 30.5 Å². The van der Waals surface area contributed by atoms with Gasteiger partial charge >= 0.3 is 0 Å². The molecule has 1 aromatic heterocycles. The molecule has 1 N–H and O–H groups in total. The third-order valence-corrected chi connectivity index (χ3v) is 3.43. The van der Waals surface area contributed by atoms with Gasteiger partial charge in [0.1, 0.15) is 0 Å². The van der Waals surface area contributed by atoms with Gasteiger partial charge in [-0.1, -0.05) is 29.8 Å².